The third-order valence-electron chi connectivity index (χ3n) is 3.91. The summed E-state index contributed by atoms with van der Waals surface area (Å²) < 4.78 is 42.2. The van der Waals surface area contributed by atoms with Crippen LogP contribution < -0.4 is 5.73 Å². The summed E-state index contributed by atoms with van der Waals surface area (Å²) in [6, 6.07) is 5.30. The fraction of sp³-hybridized carbons (Fsp3) is 0.158. The average molecular weight is 374 g/mol. The average Bonchev–Trinajstić information content (AvgIpc) is 3.09. The molecule has 1 aromatic carbocycles. The molecule has 0 spiro atoms. The van der Waals surface area contributed by atoms with Crippen molar-refractivity contribution < 1.29 is 18.3 Å². The van der Waals surface area contributed by atoms with Gasteiger partial charge in [0.2, 0.25) is 0 Å². The van der Waals surface area contributed by atoms with Gasteiger partial charge in [-0.15, -0.1) is 0 Å². The quantitative estimate of drug-likeness (QED) is 0.553. The van der Waals surface area contributed by atoms with Crippen LogP contribution in [-0.4, -0.2) is 21.8 Å². The van der Waals surface area contributed by atoms with E-state index in [-0.39, 0.29) is 12.4 Å². The second-order valence-electron chi connectivity index (χ2n) is 6.05. The summed E-state index contributed by atoms with van der Waals surface area (Å²) in [6.45, 7) is 1.65. The van der Waals surface area contributed by atoms with Crippen molar-refractivity contribution in [3.8, 4) is 0 Å². The molecule has 1 heterocycles. The number of aliphatic imine (C=N–C) groups is 2. The number of aliphatic hydroxyl groups excluding tert-OH is 1. The number of H-pyrrole nitrogens is 1. The number of hydrogen-bond donors (Lipinski definition) is 3. The third kappa shape index (κ3) is 4.01. The maximum atomic E-state index is 14.6. The lowest BCUT2D eigenvalue weighted by Gasteiger charge is -2.16. The fourth-order valence-electron chi connectivity index (χ4n) is 2.44. The van der Waals surface area contributed by atoms with Crippen LogP contribution in [-0.2, 0) is 12.5 Å². The van der Waals surface area contributed by atoms with E-state index in [1.54, 1.807) is 18.2 Å². The SMILES string of the molecule is CC1=CC(N=C(N=C(N)C(F)(F)c2ccc(F)cc2)c2cc(CO)c[nH]2)=C1. The van der Waals surface area contributed by atoms with Crippen LogP contribution >= 0.6 is 0 Å². The number of aliphatic hydroxyl groups is 1. The Hall–Kier alpha value is -3.13. The van der Waals surface area contributed by atoms with Crippen molar-refractivity contribution in [1.29, 1.82) is 0 Å². The van der Waals surface area contributed by atoms with Gasteiger partial charge in [-0.3, -0.25) is 0 Å². The van der Waals surface area contributed by atoms with Crippen LogP contribution in [0.3, 0.4) is 0 Å². The van der Waals surface area contributed by atoms with E-state index in [0.717, 1.165) is 29.8 Å². The van der Waals surface area contributed by atoms with Gasteiger partial charge in [0.1, 0.15) is 5.82 Å². The third-order valence-corrected chi connectivity index (χ3v) is 3.91. The molecule has 1 aromatic heterocycles. The Morgan fingerprint density at radius 3 is 2.44 bits per heavy atom. The van der Waals surface area contributed by atoms with Crippen molar-refractivity contribution in [1.82, 2.24) is 4.98 Å². The summed E-state index contributed by atoms with van der Waals surface area (Å²) in [5, 5.41) is 9.20. The minimum atomic E-state index is -3.61. The van der Waals surface area contributed by atoms with Crippen molar-refractivity contribution in [2.24, 2.45) is 15.7 Å². The number of nitrogens with two attached hydrogens (primary N) is 1. The molecule has 8 heteroatoms. The molecule has 0 radical (unpaired) electrons. The van der Waals surface area contributed by atoms with E-state index in [0.29, 0.717) is 17.0 Å². The molecule has 0 aliphatic heterocycles. The number of alkyl halides is 2. The molecule has 5 nitrogen and oxygen atoms in total. The standard InChI is InChI=1S/C19H17F3N4O/c1-11-6-15(7-11)25-17(16-8-12(10-27)9-24-16)26-18(23)19(21,22)13-2-4-14(20)5-3-13/h2-9,24,27H,10H2,1H3,(H2,23,25,26). The van der Waals surface area contributed by atoms with Gasteiger partial charge >= 0.3 is 5.92 Å². The minimum absolute atomic E-state index is 0.0519. The Balaban J connectivity index is 1.98. The van der Waals surface area contributed by atoms with Crippen LogP contribution in [0.4, 0.5) is 13.2 Å². The summed E-state index contributed by atoms with van der Waals surface area (Å²) in [5.41, 5.74) is 7.53. The second kappa shape index (κ2) is 7.24. The van der Waals surface area contributed by atoms with Gasteiger partial charge in [0.05, 0.1) is 18.0 Å². The van der Waals surface area contributed by atoms with Crippen molar-refractivity contribution in [3.05, 3.63) is 82.6 Å². The number of halogens is 3. The largest absolute Gasteiger partial charge is 0.392 e. The highest BCUT2D eigenvalue weighted by atomic mass is 19.3. The summed E-state index contributed by atoms with van der Waals surface area (Å²) in [7, 11) is 0. The molecule has 1 aliphatic carbocycles. The van der Waals surface area contributed by atoms with Crippen molar-refractivity contribution in [2.45, 2.75) is 19.5 Å². The van der Waals surface area contributed by atoms with E-state index < -0.39 is 23.1 Å². The van der Waals surface area contributed by atoms with Gasteiger partial charge in [-0.2, -0.15) is 8.78 Å². The van der Waals surface area contributed by atoms with Crippen LogP contribution in [0.15, 0.2) is 69.9 Å². The van der Waals surface area contributed by atoms with E-state index in [9.17, 15) is 18.3 Å². The zero-order chi connectivity index (χ0) is 19.6. The van der Waals surface area contributed by atoms with Crippen molar-refractivity contribution in [2.75, 3.05) is 0 Å². The lowest BCUT2D eigenvalue weighted by Crippen LogP contribution is -2.34. The molecule has 0 unspecified atom stereocenters. The highest BCUT2D eigenvalue weighted by Crippen LogP contribution is 2.29. The Morgan fingerprint density at radius 1 is 1.22 bits per heavy atom. The number of hydrogen-bond acceptors (Lipinski definition) is 2. The first-order valence-corrected chi connectivity index (χ1v) is 8.05. The predicted octanol–water partition coefficient (Wildman–Crippen LogP) is 3.39. The molecule has 0 amide bonds. The number of rotatable bonds is 5. The number of amidine groups is 2. The number of aromatic amines is 1. The molecule has 1 aliphatic rings. The second-order valence-corrected chi connectivity index (χ2v) is 6.05. The summed E-state index contributed by atoms with van der Waals surface area (Å²) in [5.74, 6) is -5.27. The minimum Gasteiger partial charge on any atom is -0.392 e. The topological polar surface area (TPSA) is 86.8 Å². The summed E-state index contributed by atoms with van der Waals surface area (Å²) in [4.78, 5) is 10.9. The van der Waals surface area contributed by atoms with E-state index in [4.69, 9.17) is 5.73 Å². The Morgan fingerprint density at radius 2 is 1.89 bits per heavy atom. The predicted molar refractivity (Wildman–Crippen MR) is 97.0 cm³/mol. The van der Waals surface area contributed by atoms with Gasteiger partial charge in [-0.25, -0.2) is 14.4 Å². The monoisotopic (exact) mass is 374 g/mol. The molecular formula is C19H17F3N4O. The highest BCUT2D eigenvalue weighted by Gasteiger charge is 2.37. The zero-order valence-corrected chi connectivity index (χ0v) is 14.4. The smallest absolute Gasteiger partial charge is 0.329 e. The molecule has 0 saturated heterocycles. The van der Waals surface area contributed by atoms with Crippen LogP contribution in [0.1, 0.15) is 23.7 Å². The van der Waals surface area contributed by atoms with Crippen LogP contribution in [0.5, 0.6) is 0 Å². The highest BCUT2D eigenvalue weighted by molar-refractivity contribution is 6.07. The molecular weight excluding hydrogens is 357 g/mol. The normalized spacial score (nSPS) is 15.3. The van der Waals surface area contributed by atoms with E-state index in [2.05, 4.69) is 15.0 Å². The maximum absolute atomic E-state index is 14.6. The fourth-order valence-corrected chi connectivity index (χ4v) is 2.44. The van der Waals surface area contributed by atoms with Gasteiger partial charge in [0, 0.05) is 11.8 Å². The van der Waals surface area contributed by atoms with Crippen molar-refractivity contribution in [3.63, 3.8) is 0 Å². The first kappa shape index (κ1) is 18.7. The zero-order valence-electron chi connectivity index (χ0n) is 14.4. The molecule has 27 heavy (non-hydrogen) atoms. The van der Waals surface area contributed by atoms with E-state index in [1.165, 1.54) is 6.20 Å². The molecule has 0 atom stereocenters. The maximum Gasteiger partial charge on any atom is 0.329 e. The molecule has 2 aromatic rings. The van der Waals surface area contributed by atoms with Gasteiger partial charge in [0.15, 0.2) is 11.7 Å². The number of nitrogens with zero attached hydrogens (tertiary/aromatic N) is 2. The Bertz CT molecular complexity index is 969. The summed E-state index contributed by atoms with van der Waals surface area (Å²) >= 11 is 0. The number of nitrogens with one attached hydrogen (secondary N) is 1. The Labute approximate surface area is 153 Å². The van der Waals surface area contributed by atoms with Crippen LogP contribution in [0.25, 0.3) is 0 Å². The molecule has 140 valence electrons. The molecule has 0 bridgehead atoms. The molecule has 4 N–H and O–H groups in total. The van der Waals surface area contributed by atoms with Gasteiger partial charge in [-0.1, -0.05) is 0 Å². The first-order chi connectivity index (χ1) is 12.8. The number of aromatic nitrogens is 1. The van der Waals surface area contributed by atoms with Crippen LogP contribution in [0, 0.1) is 5.82 Å². The van der Waals surface area contributed by atoms with Gasteiger partial charge < -0.3 is 15.8 Å². The lowest BCUT2D eigenvalue weighted by molar-refractivity contribution is 0.0745. The van der Waals surface area contributed by atoms with E-state index >= 15 is 0 Å². The van der Waals surface area contributed by atoms with Crippen molar-refractivity contribution >= 4 is 11.7 Å². The van der Waals surface area contributed by atoms with Gasteiger partial charge in [-0.05, 0) is 60.5 Å². The van der Waals surface area contributed by atoms with Crippen LogP contribution in [0.2, 0.25) is 0 Å². The summed E-state index contributed by atoms with van der Waals surface area (Å²) in [6.07, 6.45) is 5.05. The van der Waals surface area contributed by atoms with E-state index in [1.807, 2.05) is 6.92 Å². The molecule has 0 saturated carbocycles. The lowest BCUT2D eigenvalue weighted by atomic mass is 10.1. The first-order valence-electron chi connectivity index (χ1n) is 8.05. The number of benzene rings is 1. The molecule has 0 fully saturated rings. The van der Waals surface area contributed by atoms with Gasteiger partial charge in [0.25, 0.3) is 0 Å². The molecule has 3 rings (SSSR count). The Kier molecular flexibility index (Phi) is 5.00. The number of allylic oxidation sites excluding steroid dienone is 3.